The quantitative estimate of drug-likeness (QED) is 0.778. The van der Waals surface area contributed by atoms with Crippen LogP contribution in [0.15, 0.2) is 12.1 Å². The number of nitrogens with one attached hydrogen (secondary N) is 1. The van der Waals surface area contributed by atoms with Gasteiger partial charge < -0.3 is 5.73 Å². The van der Waals surface area contributed by atoms with E-state index in [4.69, 9.17) is 5.73 Å². The SMILES string of the molecule is CCc1ccc(CNS(=O)(=O)CCN)s1. The molecule has 0 aliphatic heterocycles. The molecule has 0 radical (unpaired) electrons. The molecule has 0 aliphatic carbocycles. The molecule has 0 aliphatic rings. The van der Waals surface area contributed by atoms with Gasteiger partial charge >= 0.3 is 0 Å². The van der Waals surface area contributed by atoms with E-state index in [-0.39, 0.29) is 12.3 Å². The van der Waals surface area contributed by atoms with Crippen LogP contribution in [-0.4, -0.2) is 20.7 Å². The van der Waals surface area contributed by atoms with Crippen molar-refractivity contribution in [2.45, 2.75) is 19.9 Å². The molecule has 15 heavy (non-hydrogen) atoms. The van der Waals surface area contributed by atoms with Gasteiger partial charge in [-0.05, 0) is 18.6 Å². The van der Waals surface area contributed by atoms with Gasteiger partial charge in [0.25, 0.3) is 0 Å². The summed E-state index contributed by atoms with van der Waals surface area (Å²) in [6.45, 7) is 2.60. The molecule has 1 rings (SSSR count). The highest BCUT2D eigenvalue weighted by Gasteiger charge is 2.08. The summed E-state index contributed by atoms with van der Waals surface area (Å²) < 4.78 is 25.1. The van der Waals surface area contributed by atoms with Gasteiger partial charge in [-0.25, -0.2) is 13.1 Å². The first kappa shape index (κ1) is 12.6. The van der Waals surface area contributed by atoms with E-state index in [1.807, 2.05) is 12.1 Å². The minimum Gasteiger partial charge on any atom is -0.329 e. The second-order valence-corrected chi connectivity index (χ2v) is 6.33. The molecule has 0 unspecified atom stereocenters. The molecule has 3 N–H and O–H groups in total. The van der Waals surface area contributed by atoms with Crippen LogP contribution in [0.5, 0.6) is 0 Å². The highest BCUT2D eigenvalue weighted by atomic mass is 32.2. The average molecular weight is 248 g/mol. The maximum Gasteiger partial charge on any atom is 0.213 e. The minimum absolute atomic E-state index is 0.0149. The van der Waals surface area contributed by atoms with E-state index in [9.17, 15) is 8.42 Å². The molecule has 4 nitrogen and oxygen atoms in total. The maximum absolute atomic E-state index is 11.3. The Bertz CT molecular complexity index is 398. The van der Waals surface area contributed by atoms with Crippen molar-refractivity contribution in [3.63, 3.8) is 0 Å². The lowest BCUT2D eigenvalue weighted by Crippen LogP contribution is -2.29. The normalized spacial score (nSPS) is 11.9. The molecule has 0 saturated heterocycles. The Labute approximate surface area is 94.5 Å². The molecule has 0 saturated carbocycles. The highest BCUT2D eigenvalue weighted by molar-refractivity contribution is 7.89. The van der Waals surface area contributed by atoms with Crippen LogP contribution in [0.2, 0.25) is 0 Å². The number of rotatable bonds is 6. The Hall–Kier alpha value is -0.430. The third-order valence-corrected chi connectivity index (χ3v) is 4.51. The topological polar surface area (TPSA) is 72.2 Å². The summed E-state index contributed by atoms with van der Waals surface area (Å²) in [7, 11) is -3.20. The maximum atomic E-state index is 11.3. The fraction of sp³-hybridized carbons (Fsp3) is 0.556. The summed E-state index contributed by atoms with van der Waals surface area (Å²) >= 11 is 1.63. The van der Waals surface area contributed by atoms with Crippen LogP contribution in [0.4, 0.5) is 0 Å². The molecule has 0 bridgehead atoms. The summed E-state index contributed by atoms with van der Waals surface area (Å²) in [6.07, 6.45) is 0.986. The summed E-state index contributed by atoms with van der Waals surface area (Å²) in [6, 6.07) is 3.98. The standard InChI is InChI=1S/C9H16N2O2S2/c1-2-8-3-4-9(14-8)7-11-15(12,13)6-5-10/h3-4,11H,2,5-7,10H2,1H3. The fourth-order valence-corrected chi connectivity index (χ4v) is 2.93. The Balaban J connectivity index is 2.50. The number of hydrogen-bond acceptors (Lipinski definition) is 4. The van der Waals surface area contributed by atoms with E-state index in [0.717, 1.165) is 11.3 Å². The monoisotopic (exact) mass is 248 g/mol. The predicted molar refractivity (Wildman–Crippen MR) is 63.4 cm³/mol. The Morgan fingerprint density at radius 1 is 1.40 bits per heavy atom. The van der Waals surface area contributed by atoms with Gasteiger partial charge in [0.15, 0.2) is 0 Å². The van der Waals surface area contributed by atoms with E-state index in [2.05, 4.69) is 11.6 Å². The Morgan fingerprint density at radius 2 is 2.07 bits per heavy atom. The van der Waals surface area contributed by atoms with Crippen molar-refractivity contribution in [2.24, 2.45) is 5.73 Å². The molecule has 0 fully saturated rings. The van der Waals surface area contributed by atoms with E-state index in [0.29, 0.717) is 6.54 Å². The molecule has 0 amide bonds. The van der Waals surface area contributed by atoms with Gasteiger partial charge in [-0.2, -0.15) is 0 Å². The number of sulfonamides is 1. The first-order valence-electron chi connectivity index (χ1n) is 4.82. The predicted octanol–water partition coefficient (Wildman–Crippen LogP) is 0.689. The van der Waals surface area contributed by atoms with Gasteiger partial charge in [0.2, 0.25) is 10.0 Å². The Morgan fingerprint density at radius 3 is 2.60 bits per heavy atom. The number of nitrogens with two attached hydrogens (primary N) is 1. The molecule has 1 heterocycles. The fourth-order valence-electron chi connectivity index (χ4n) is 1.12. The summed E-state index contributed by atoms with van der Waals surface area (Å²) in [5, 5.41) is 0. The molecule has 1 aromatic rings. The van der Waals surface area contributed by atoms with Gasteiger partial charge in [0.1, 0.15) is 0 Å². The van der Waals surface area contributed by atoms with Crippen LogP contribution in [-0.2, 0) is 23.0 Å². The third kappa shape index (κ3) is 4.29. The largest absolute Gasteiger partial charge is 0.329 e. The van der Waals surface area contributed by atoms with Crippen molar-refractivity contribution in [1.29, 1.82) is 0 Å². The van der Waals surface area contributed by atoms with Gasteiger partial charge in [-0.1, -0.05) is 6.92 Å². The Kier molecular flexibility index (Phi) is 4.72. The van der Waals surface area contributed by atoms with Crippen LogP contribution in [0.1, 0.15) is 16.7 Å². The first-order valence-corrected chi connectivity index (χ1v) is 7.29. The molecule has 0 spiro atoms. The second kappa shape index (κ2) is 5.60. The van der Waals surface area contributed by atoms with Crippen LogP contribution < -0.4 is 10.5 Å². The first-order chi connectivity index (χ1) is 7.07. The number of aryl methyl sites for hydroxylation is 1. The van der Waals surface area contributed by atoms with Crippen LogP contribution in [0.25, 0.3) is 0 Å². The van der Waals surface area contributed by atoms with Gasteiger partial charge in [-0.3, -0.25) is 0 Å². The summed E-state index contributed by atoms with van der Waals surface area (Å²) in [4.78, 5) is 2.30. The second-order valence-electron chi connectivity index (χ2n) is 3.15. The zero-order valence-corrected chi connectivity index (χ0v) is 10.3. The average Bonchev–Trinajstić information content (AvgIpc) is 2.62. The van der Waals surface area contributed by atoms with Gasteiger partial charge in [-0.15, -0.1) is 11.3 Å². The lowest BCUT2D eigenvalue weighted by Gasteiger charge is -2.03. The number of thiophene rings is 1. The van der Waals surface area contributed by atoms with Crippen molar-refractivity contribution in [1.82, 2.24) is 4.72 Å². The third-order valence-electron chi connectivity index (χ3n) is 1.92. The van der Waals surface area contributed by atoms with E-state index in [1.54, 1.807) is 11.3 Å². The van der Waals surface area contributed by atoms with Gasteiger partial charge in [0, 0.05) is 22.8 Å². The van der Waals surface area contributed by atoms with Crippen molar-refractivity contribution in [2.75, 3.05) is 12.3 Å². The lowest BCUT2D eigenvalue weighted by molar-refractivity contribution is 0.581. The zero-order valence-electron chi connectivity index (χ0n) is 8.69. The zero-order chi connectivity index (χ0) is 11.3. The summed E-state index contributed by atoms with van der Waals surface area (Å²) in [5.74, 6) is -0.0149. The lowest BCUT2D eigenvalue weighted by atomic mass is 10.4. The number of hydrogen-bond donors (Lipinski definition) is 2. The minimum atomic E-state index is -3.20. The molecule has 0 atom stereocenters. The van der Waals surface area contributed by atoms with Crippen LogP contribution in [0, 0.1) is 0 Å². The van der Waals surface area contributed by atoms with Crippen LogP contribution in [0.3, 0.4) is 0 Å². The van der Waals surface area contributed by atoms with Crippen LogP contribution >= 0.6 is 11.3 Å². The van der Waals surface area contributed by atoms with E-state index < -0.39 is 10.0 Å². The molecule has 6 heteroatoms. The van der Waals surface area contributed by atoms with Crippen molar-refractivity contribution in [3.8, 4) is 0 Å². The molecule has 86 valence electrons. The van der Waals surface area contributed by atoms with Crippen molar-refractivity contribution < 1.29 is 8.42 Å². The van der Waals surface area contributed by atoms with E-state index >= 15 is 0 Å². The summed E-state index contributed by atoms with van der Waals surface area (Å²) in [5.41, 5.74) is 5.19. The smallest absolute Gasteiger partial charge is 0.213 e. The molecule has 0 aromatic carbocycles. The molecule has 1 aromatic heterocycles. The van der Waals surface area contributed by atoms with E-state index in [1.165, 1.54) is 4.88 Å². The van der Waals surface area contributed by atoms with Crippen molar-refractivity contribution in [3.05, 3.63) is 21.9 Å². The van der Waals surface area contributed by atoms with Crippen molar-refractivity contribution >= 4 is 21.4 Å². The highest BCUT2D eigenvalue weighted by Crippen LogP contribution is 2.16. The molecular weight excluding hydrogens is 232 g/mol. The van der Waals surface area contributed by atoms with Gasteiger partial charge in [0.05, 0.1) is 5.75 Å². The molecular formula is C9H16N2O2S2.